The van der Waals surface area contributed by atoms with E-state index >= 15 is 0 Å². The third-order valence-electron chi connectivity index (χ3n) is 3.51. The van der Waals surface area contributed by atoms with Gasteiger partial charge in [0.1, 0.15) is 0 Å². The van der Waals surface area contributed by atoms with Gasteiger partial charge >= 0.3 is 0 Å². The first-order valence-electron chi connectivity index (χ1n) is 5.57. The van der Waals surface area contributed by atoms with Crippen LogP contribution in [0.1, 0.15) is 43.0 Å². The Balaban J connectivity index is 3.32. The minimum Gasteiger partial charge on any atom is -0.385 e. The molecule has 1 unspecified atom stereocenters. The Labute approximate surface area is 93.1 Å². The lowest BCUT2D eigenvalue weighted by molar-refractivity contribution is 0.00841. The van der Waals surface area contributed by atoms with Crippen molar-refractivity contribution in [3.8, 4) is 0 Å². The summed E-state index contributed by atoms with van der Waals surface area (Å²) < 4.78 is 0. The number of aryl methyl sites for hydroxylation is 3. The summed E-state index contributed by atoms with van der Waals surface area (Å²) in [7, 11) is 0. The summed E-state index contributed by atoms with van der Waals surface area (Å²) in [5.41, 5.74) is 4.03. The summed E-state index contributed by atoms with van der Waals surface area (Å²) in [5, 5.41) is 10.5. The van der Waals surface area contributed by atoms with Gasteiger partial charge in [-0.25, -0.2) is 0 Å². The first kappa shape index (κ1) is 12.3. The number of aliphatic hydroxyl groups is 1. The van der Waals surface area contributed by atoms with Gasteiger partial charge in [-0.3, -0.25) is 0 Å². The fourth-order valence-electron chi connectivity index (χ4n) is 1.82. The van der Waals surface area contributed by atoms with Crippen LogP contribution in [0.4, 0.5) is 0 Å². The van der Waals surface area contributed by atoms with Gasteiger partial charge in [-0.1, -0.05) is 26.0 Å². The molecule has 0 aliphatic heterocycles. The zero-order valence-electron chi connectivity index (χ0n) is 10.7. The van der Waals surface area contributed by atoms with Crippen molar-refractivity contribution in [2.24, 2.45) is 5.92 Å². The van der Waals surface area contributed by atoms with Gasteiger partial charge in [0.25, 0.3) is 0 Å². The molecule has 1 nitrogen and oxygen atoms in total. The lowest BCUT2D eigenvalue weighted by Gasteiger charge is -2.30. The van der Waals surface area contributed by atoms with E-state index in [-0.39, 0.29) is 5.92 Å². The summed E-state index contributed by atoms with van der Waals surface area (Å²) in [6.45, 7) is 12.3. The van der Waals surface area contributed by atoms with Gasteiger partial charge in [0.15, 0.2) is 0 Å². The van der Waals surface area contributed by atoms with Gasteiger partial charge in [0.2, 0.25) is 0 Å². The van der Waals surface area contributed by atoms with Crippen LogP contribution in [0.5, 0.6) is 0 Å². The standard InChI is InChI=1S/C14H22O/c1-9(2)14(6,15)13-8-11(4)10(3)7-12(13)5/h7-9,15H,1-6H3. The van der Waals surface area contributed by atoms with Gasteiger partial charge in [0, 0.05) is 0 Å². The Bertz CT molecular complexity index is 362. The zero-order valence-corrected chi connectivity index (χ0v) is 10.7. The third-order valence-corrected chi connectivity index (χ3v) is 3.51. The Kier molecular flexibility index (Phi) is 3.25. The van der Waals surface area contributed by atoms with Gasteiger partial charge in [-0.15, -0.1) is 0 Å². The molecule has 1 atom stereocenters. The van der Waals surface area contributed by atoms with Crippen LogP contribution in [0.25, 0.3) is 0 Å². The predicted octanol–water partition coefficient (Wildman–Crippen LogP) is 3.48. The zero-order chi connectivity index (χ0) is 11.8. The summed E-state index contributed by atoms with van der Waals surface area (Å²) in [4.78, 5) is 0. The Morgan fingerprint density at radius 2 is 1.47 bits per heavy atom. The molecule has 1 aromatic rings. The maximum absolute atomic E-state index is 10.5. The molecule has 0 saturated carbocycles. The quantitative estimate of drug-likeness (QED) is 0.785. The van der Waals surface area contributed by atoms with E-state index in [2.05, 4.69) is 46.8 Å². The molecule has 1 rings (SSSR count). The second-order valence-corrected chi connectivity index (χ2v) is 5.05. The van der Waals surface area contributed by atoms with Crippen molar-refractivity contribution in [1.82, 2.24) is 0 Å². The minimum absolute atomic E-state index is 0.221. The Hall–Kier alpha value is -0.820. The first-order valence-corrected chi connectivity index (χ1v) is 5.57. The molecule has 1 N–H and O–H groups in total. The van der Waals surface area contributed by atoms with Crippen molar-refractivity contribution >= 4 is 0 Å². The molecule has 0 aromatic heterocycles. The summed E-state index contributed by atoms with van der Waals surface area (Å²) in [5.74, 6) is 0.221. The summed E-state index contributed by atoms with van der Waals surface area (Å²) in [6.07, 6.45) is 0. The van der Waals surface area contributed by atoms with Crippen LogP contribution in [-0.4, -0.2) is 5.11 Å². The van der Waals surface area contributed by atoms with Crippen molar-refractivity contribution in [1.29, 1.82) is 0 Å². The molecule has 0 heterocycles. The molecule has 1 aromatic carbocycles. The highest BCUT2D eigenvalue weighted by Gasteiger charge is 2.28. The van der Waals surface area contributed by atoms with Crippen LogP contribution in [0.2, 0.25) is 0 Å². The number of benzene rings is 1. The summed E-state index contributed by atoms with van der Waals surface area (Å²) >= 11 is 0. The lowest BCUT2D eigenvalue weighted by Crippen LogP contribution is -2.29. The Morgan fingerprint density at radius 1 is 1.00 bits per heavy atom. The third kappa shape index (κ3) is 2.23. The van der Waals surface area contributed by atoms with E-state index in [4.69, 9.17) is 0 Å². The molecule has 0 saturated heterocycles. The van der Waals surface area contributed by atoms with E-state index in [1.807, 2.05) is 6.92 Å². The highest BCUT2D eigenvalue weighted by atomic mass is 16.3. The second-order valence-electron chi connectivity index (χ2n) is 5.05. The van der Waals surface area contributed by atoms with E-state index < -0.39 is 5.60 Å². The van der Waals surface area contributed by atoms with Crippen LogP contribution in [0.15, 0.2) is 12.1 Å². The van der Waals surface area contributed by atoms with Crippen molar-refractivity contribution < 1.29 is 5.11 Å². The predicted molar refractivity (Wildman–Crippen MR) is 65.1 cm³/mol. The van der Waals surface area contributed by atoms with E-state index in [0.29, 0.717) is 0 Å². The minimum atomic E-state index is -0.734. The molecule has 0 radical (unpaired) electrons. The van der Waals surface area contributed by atoms with E-state index in [1.165, 1.54) is 16.7 Å². The monoisotopic (exact) mass is 206 g/mol. The molecule has 0 amide bonds. The fourth-order valence-corrected chi connectivity index (χ4v) is 1.82. The van der Waals surface area contributed by atoms with E-state index in [1.54, 1.807) is 0 Å². The van der Waals surface area contributed by atoms with E-state index in [0.717, 1.165) is 5.56 Å². The molecule has 0 aliphatic carbocycles. The second kappa shape index (κ2) is 3.97. The molecule has 0 fully saturated rings. The van der Waals surface area contributed by atoms with Gasteiger partial charge in [-0.05, 0) is 55.9 Å². The maximum Gasteiger partial charge on any atom is 0.0893 e. The smallest absolute Gasteiger partial charge is 0.0893 e. The lowest BCUT2D eigenvalue weighted by atomic mass is 9.81. The largest absolute Gasteiger partial charge is 0.385 e. The molecule has 0 bridgehead atoms. The molecule has 0 spiro atoms. The van der Waals surface area contributed by atoms with Crippen LogP contribution >= 0.6 is 0 Å². The van der Waals surface area contributed by atoms with Crippen LogP contribution in [-0.2, 0) is 5.60 Å². The van der Waals surface area contributed by atoms with Crippen molar-refractivity contribution in [3.63, 3.8) is 0 Å². The molecule has 1 heteroatoms. The number of hydrogen-bond acceptors (Lipinski definition) is 1. The Morgan fingerprint density at radius 3 is 1.93 bits per heavy atom. The maximum atomic E-state index is 10.5. The van der Waals surface area contributed by atoms with Gasteiger partial charge in [-0.2, -0.15) is 0 Å². The number of hydrogen-bond donors (Lipinski definition) is 1. The fraction of sp³-hybridized carbons (Fsp3) is 0.571. The van der Waals surface area contributed by atoms with Crippen LogP contribution < -0.4 is 0 Å². The number of rotatable bonds is 2. The molecular formula is C14H22O. The topological polar surface area (TPSA) is 20.2 Å². The van der Waals surface area contributed by atoms with Crippen molar-refractivity contribution in [2.75, 3.05) is 0 Å². The molecule has 15 heavy (non-hydrogen) atoms. The summed E-state index contributed by atoms with van der Waals surface area (Å²) in [6, 6.07) is 4.27. The first-order chi connectivity index (χ1) is 6.76. The van der Waals surface area contributed by atoms with Crippen LogP contribution in [0.3, 0.4) is 0 Å². The molecule has 0 aliphatic rings. The van der Waals surface area contributed by atoms with E-state index in [9.17, 15) is 5.11 Å². The van der Waals surface area contributed by atoms with Crippen molar-refractivity contribution in [2.45, 2.75) is 47.1 Å². The average molecular weight is 206 g/mol. The molecular weight excluding hydrogens is 184 g/mol. The normalized spacial score (nSPS) is 15.5. The van der Waals surface area contributed by atoms with Crippen LogP contribution in [0, 0.1) is 26.7 Å². The van der Waals surface area contributed by atoms with Gasteiger partial charge < -0.3 is 5.11 Å². The van der Waals surface area contributed by atoms with Gasteiger partial charge in [0.05, 0.1) is 5.60 Å². The molecule has 84 valence electrons. The average Bonchev–Trinajstić information content (AvgIpc) is 2.10. The van der Waals surface area contributed by atoms with Crippen molar-refractivity contribution in [3.05, 3.63) is 34.4 Å². The SMILES string of the molecule is Cc1cc(C)c(C(C)(O)C(C)C)cc1C. The highest BCUT2D eigenvalue weighted by Crippen LogP contribution is 2.32. The highest BCUT2D eigenvalue weighted by molar-refractivity contribution is 5.39.